The van der Waals surface area contributed by atoms with Crippen LogP contribution in [0.25, 0.3) is 0 Å². The predicted molar refractivity (Wildman–Crippen MR) is 80.8 cm³/mol. The van der Waals surface area contributed by atoms with E-state index in [4.69, 9.17) is 10.5 Å². The summed E-state index contributed by atoms with van der Waals surface area (Å²) < 4.78 is 5.39. The van der Waals surface area contributed by atoms with Crippen LogP contribution >= 0.6 is 0 Å². The van der Waals surface area contributed by atoms with Gasteiger partial charge in [-0.15, -0.1) is 0 Å². The molecule has 0 radical (unpaired) electrons. The van der Waals surface area contributed by atoms with Crippen molar-refractivity contribution in [3.63, 3.8) is 0 Å². The molecule has 0 aliphatic carbocycles. The molecule has 1 aliphatic heterocycles. The van der Waals surface area contributed by atoms with E-state index in [-0.39, 0.29) is 0 Å². The molecule has 3 N–H and O–H groups in total. The number of piperidine rings is 1. The molecular weight excluding hydrogens is 236 g/mol. The van der Waals surface area contributed by atoms with Crippen molar-refractivity contribution in [1.29, 1.82) is 0 Å². The number of rotatable bonds is 3. The van der Waals surface area contributed by atoms with Crippen LogP contribution in [0.15, 0.2) is 12.1 Å². The van der Waals surface area contributed by atoms with Gasteiger partial charge in [0.05, 0.1) is 12.8 Å². The van der Waals surface area contributed by atoms with E-state index in [0.717, 1.165) is 17.9 Å². The van der Waals surface area contributed by atoms with Crippen LogP contribution in [-0.2, 0) is 6.42 Å². The first-order valence-electron chi connectivity index (χ1n) is 7.27. The van der Waals surface area contributed by atoms with Gasteiger partial charge in [0.15, 0.2) is 0 Å². The Hall–Kier alpha value is -1.22. The Balaban J connectivity index is 2.36. The number of methoxy groups -OCH3 is 1. The minimum absolute atomic E-state index is 0.571. The summed E-state index contributed by atoms with van der Waals surface area (Å²) in [6, 6.07) is 5.39. The molecule has 2 rings (SSSR count). The van der Waals surface area contributed by atoms with Gasteiger partial charge in [-0.25, -0.2) is 0 Å². The lowest BCUT2D eigenvalue weighted by molar-refractivity contribution is 0.315. The van der Waals surface area contributed by atoms with Gasteiger partial charge >= 0.3 is 0 Å². The van der Waals surface area contributed by atoms with E-state index < -0.39 is 0 Å². The van der Waals surface area contributed by atoms with Crippen molar-refractivity contribution >= 4 is 5.69 Å². The summed E-state index contributed by atoms with van der Waals surface area (Å²) in [6.45, 7) is 6.73. The van der Waals surface area contributed by atoms with Gasteiger partial charge in [0.1, 0.15) is 5.75 Å². The van der Waals surface area contributed by atoms with Crippen LogP contribution in [0, 0.1) is 0 Å². The summed E-state index contributed by atoms with van der Waals surface area (Å²) in [5.41, 5.74) is 9.56. The number of aryl methyl sites for hydroxylation is 1. The molecule has 0 aromatic heterocycles. The Morgan fingerprint density at radius 3 is 2.42 bits per heavy atom. The van der Waals surface area contributed by atoms with Crippen molar-refractivity contribution in [2.45, 2.75) is 58.0 Å². The average Bonchev–Trinajstić information content (AvgIpc) is 2.37. The van der Waals surface area contributed by atoms with Crippen molar-refractivity contribution in [1.82, 2.24) is 5.32 Å². The van der Waals surface area contributed by atoms with E-state index in [1.54, 1.807) is 7.11 Å². The Kier molecular flexibility index (Phi) is 4.35. The molecule has 1 saturated heterocycles. The molecule has 0 bridgehead atoms. The molecule has 1 heterocycles. The standard InChI is InChI=1S/C16H26N2O/c1-5-12-8-15(17)16(19-4)9-14(12)13-6-10(2)18-11(3)7-13/h8-11,13,18H,5-7,17H2,1-4H3/t10-,11+,13?. The first kappa shape index (κ1) is 14.2. The van der Waals surface area contributed by atoms with Crippen molar-refractivity contribution < 1.29 is 4.74 Å². The van der Waals surface area contributed by atoms with E-state index in [0.29, 0.717) is 18.0 Å². The summed E-state index contributed by atoms with van der Waals surface area (Å²) >= 11 is 0. The SMILES string of the molecule is CCc1cc(N)c(OC)cc1C1C[C@@H](C)N[C@@H](C)C1. The molecule has 1 aliphatic rings. The summed E-state index contributed by atoms with van der Waals surface area (Å²) in [5, 5.41) is 3.60. The number of anilines is 1. The van der Waals surface area contributed by atoms with Crippen LogP contribution in [-0.4, -0.2) is 19.2 Å². The molecule has 3 atom stereocenters. The second-order valence-corrected chi connectivity index (χ2v) is 5.78. The third-order valence-corrected chi connectivity index (χ3v) is 4.16. The zero-order chi connectivity index (χ0) is 14.0. The van der Waals surface area contributed by atoms with Gasteiger partial charge in [0.25, 0.3) is 0 Å². The molecule has 3 heteroatoms. The highest BCUT2D eigenvalue weighted by Crippen LogP contribution is 2.37. The number of benzene rings is 1. The van der Waals surface area contributed by atoms with Gasteiger partial charge in [0, 0.05) is 12.1 Å². The average molecular weight is 262 g/mol. The lowest BCUT2D eigenvalue weighted by Crippen LogP contribution is -2.41. The zero-order valence-electron chi connectivity index (χ0n) is 12.5. The van der Waals surface area contributed by atoms with Crippen molar-refractivity contribution in [3.05, 3.63) is 23.3 Å². The van der Waals surface area contributed by atoms with Crippen LogP contribution in [0.4, 0.5) is 5.69 Å². The van der Waals surface area contributed by atoms with Crippen LogP contribution in [0.5, 0.6) is 5.75 Å². The third-order valence-electron chi connectivity index (χ3n) is 4.16. The number of nitrogens with two attached hydrogens (primary N) is 1. The van der Waals surface area contributed by atoms with Gasteiger partial charge < -0.3 is 15.8 Å². The van der Waals surface area contributed by atoms with Crippen molar-refractivity contribution in [2.75, 3.05) is 12.8 Å². The van der Waals surface area contributed by atoms with Gasteiger partial charge in [-0.3, -0.25) is 0 Å². The van der Waals surface area contributed by atoms with Crippen LogP contribution in [0.2, 0.25) is 0 Å². The highest BCUT2D eigenvalue weighted by atomic mass is 16.5. The summed E-state index contributed by atoms with van der Waals surface area (Å²) in [6.07, 6.45) is 3.39. The lowest BCUT2D eigenvalue weighted by Gasteiger charge is -2.34. The summed E-state index contributed by atoms with van der Waals surface area (Å²) in [5.74, 6) is 1.42. The van der Waals surface area contributed by atoms with Gasteiger partial charge in [-0.1, -0.05) is 6.92 Å². The molecule has 0 spiro atoms. The van der Waals surface area contributed by atoms with Gasteiger partial charge in [0.2, 0.25) is 0 Å². The molecule has 1 unspecified atom stereocenters. The van der Waals surface area contributed by atoms with Crippen LogP contribution in [0.1, 0.15) is 50.7 Å². The van der Waals surface area contributed by atoms with Crippen LogP contribution in [0.3, 0.4) is 0 Å². The second-order valence-electron chi connectivity index (χ2n) is 5.78. The van der Waals surface area contributed by atoms with Gasteiger partial charge in [-0.05, 0) is 62.3 Å². The first-order valence-corrected chi connectivity index (χ1v) is 7.27. The molecule has 3 nitrogen and oxygen atoms in total. The van der Waals surface area contributed by atoms with Gasteiger partial charge in [-0.2, -0.15) is 0 Å². The number of ether oxygens (including phenoxy) is 1. The third kappa shape index (κ3) is 3.03. The Morgan fingerprint density at radius 1 is 1.26 bits per heavy atom. The quantitative estimate of drug-likeness (QED) is 0.823. The molecule has 1 aromatic rings. The maximum atomic E-state index is 6.02. The highest BCUT2D eigenvalue weighted by Gasteiger charge is 2.26. The molecule has 19 heavy (non-hydrogen) atoms. The lowest BCUT2D eigenvalue weighted by atomic mass is 9.81. The maximum Gasteiger partial charge on any atom is 0.142 e. The molecular formula is C16H26N2O. The second kappa shape index (κ2) is 5.83. The molecule has 0 saturated carbocycles. The van der Waals surface area contributed by atoms with E-state index in [2.05, 4.69) is 38.2 Å². The monoisotopic (exact) mass is 262 g/mol. The topological polar surface area (TPSA) is 47.3 Å². The molecule has 106 valence electrons. The minimum Gasteiger partial charge on any atom is -0.495 e. The number of hydrogen-bond acceptors (Lipinski definition) is 3. The fourth-order valence-corrected chi connectivity index (χ4v) is 3.35. The van der Waals surface area contributed by atoms with Crippen molar-refractivity contribution in [3.8, 4) is 5.75 Å². The summed E-state index contributed by atoms with van der Waals surface area (Å²) in [7, 11) is 1.69. The van der Waals surface area contributed by atoms with E-state index in [1.807, 2.05) is 0 Å². The van der Waals surface area contributed by atoms with E-state index in [9.17, 15) is 0 Å². The van der Waals surface area contributed by atoms with E-state index >= 15 is 0 Å². The largest absolute Gasteiger partial charge is 0.495 e. The number of hydrogen-bond donors (Lipinski definition) is 2. The van der Waals surface area contributed by atoms with Crippen molar-refractivity contribution in [2.24, 2.45) is 0 Å². The zero-order valence-corrected chi connectivity index (χ0v) is 12.5. The number of nitrogens with one attached hydrogen (secondary N) is 1. The molecule has 1 aromatic carbocycles. The Labute approximate surface area is 116 Å². The maximum absolute atomic E-state index is 6.02. The summed E-state index contributed by atoms with van der Waals surface area (Å²) in [4.78, 5) is 0. The fourth-order valence-electron chi connectivity index (χ4n) is 3.35. The normalized spacial score (nSPS) is 27.3. The Morgan fingerprint density at radius 2 is 1.89 bits per heavy atom. The molecule has 0 amide bonds. The van der Waals surface area contributed by atoms with Crippen LogP contribution < -0.4 is 15.8 Å². The number of nitrogen functional groups attached to an aromatic ring is 1. The van der Waals surface area contributed by atoms with E-state index in [1.165, 1.54) is 24.0 Å². The minimum atomic E-state index is 0.571. The Bertz CT molecular complexity index is 435. The molecule has 1 fully saturated rings. The predicted octanol–water partition coefficient (Wildman–Crippen LogP) is 3.08. The first-order chi connectivity index (χ1) is 9.05. The fraction of sp³-hybridized carbons (Fsp3) is 0.625. The highest BCUT2D eigenvalue weighted by molar-refractivity contribution is 5.57. The smallest absolute Gasteiger partial charge is 0.142 e.